The molecule has 2 aliphatic rings. The minimum absolute atomic E-state index is 0.704. The van der Waals surface area contributed by atoms with Crippen molar-refractivity contribution in [2.75, 3.05) is 38.1 Å². The van der Waals surface area contributed by atoms with Gasteiger partial charge >= 0.3 is 0 Å². The van der Waals surface area contributed by atoms with E-state index in [0.717, 1.165) is 13.1 Å². The molecule has 3 nitrogen and oxygen atoms in total. The Bertz CT molecular complexity index is 452. The first-order valence-electron chi connectivity index (χ1n) is 8.05. The zero-order valence-electron chi connectivity index (χ0n) is 12.9. The van der Waals surface area contributed by atoms with Crippen molar-refractivity contribution in [3.8, 4) is 0 Å². The maximum atomic E-state index is 3.61. The van der Waals surface area contributed by atoms with Crippen LogP contribution >= 0.6 is 0 Å². The van der Waals surface area contributed by atoms with Crippen molar-refractivity contribution < 1.29 is 0 Å². The second kappa shape index (κ2) is 6.15. The van der Waals surface area contributed by atoms with Crippen LogP contribution in [0.25, 0.3) is 0 Å². The highest BCUT2D eigenvalue weighted by Crippen LogP contribution is 2.27. The van der Waals surface area contributed by atoms with E-state index < -0.39 is 0 Å². The number of benzene rings is 1. The number of rotatable bonds is 5. The van der Waals surface area contributed by atoms with Gasteiger partial charge in [0, 0.05) is 38.4 Å². The third-order valence-electron chi connectivity index (χ3n) is 4.77. The summed E-state index contributed by atoms with van der Waals surface area (Å²) in [6.07, 6.45) is 3.88. The summed E-state index contributed by atoms with van der Waals surface area (Å²) >= 11 is 0. The normalized spacial score (nSPS) is 21.8. The Hall–Kier alpha value is -1.06. The van der Waals surface area contributed by atoms with E-state index in [1.54, 1.807) is 0 Å². The highest BCUT2D eigenvalue weighted by Gasteiger charge is 2.19. The molecule has 1 aromatic carbocycles. The second-order valence-corrected chi connectivity index (χ2v) is 6.26. The van der Waals surface area contributed by atoms with Crippen molar-refractivity contribution in [1.29, 1.82) is 0 Å². The molecule has 2 heterocycles. The molecule has 1 unspecified atom stereocenters. The number of nitrogens with zero attached hydrogens (tertiary/aromatic N) is 2. The van der Waals surface area contributed by atoms with Crippen molar-refractivity contribution in [2.24, 2.45) is 0 Å². The largest absolute Gasteiger partial charge is 0.374 e. The maximum absolute atomic E-state index is 3.61. The van der Waals surface area contributed by atoms with E-state index in [0.29, 0.717) is 6.04 Å². The predicted octanol–water partition coefficient (Wildman–Crippen LogP) is 2.25. The first-order valence-corrected chi connectivity index (χ1v) is 8.05. The number of hydrogen-bond donors (Lipinski definition) is 1. The molecule has 0 spiro atoms. The van der Waals surface area contributed by atoms with E-state index in [1.165, 1.54) is 55.7 Å². The number of likely N-dealkylation sites (N-methyl/N-ethyl adjacent to an activating group) is 2. The van der Waals surface area contributed by atoms with Gasteiger partial charge in [0.25, 0.3) is 0 Å². The smallest absolute Gasteiger partial charge is 0.0397 e. The van der Waals surface area contributed by atoms with Crippen LogP contribution in [0.5, 0.6) is 0 Å². The topological polar surface area (TPSA) is 18.5 Å². The van der Waals surface area contributed by atoms with Crippen molar-refractivity contribution in [2.45, 2.75) is 38.8 Å². The van der Waals surface area contributed by atoms with Gasteiger partial charge in [-0.25, -0.2) is 0 Å². The summed E-state index contributed by atoms with van der Waals surface area (Å²) in [5.41, 5.74) is 4.42. The molecule has 0 amide bonds. The van der Waals surface area contributed by atoms with Crippen molar-refractivity contribution in [3.63, 3.8) is 0 Å². The molecular weight excluding hydrogens is 246 g/mol. The summed E-state index contributed by atoms with van der Waals surface area (Å²) < 4.78 is 0. The van der Waals surface area contributed by atoms with Crippen LogP contribution in [0.15, 0.2) is 18.2 Å². The SMILES string of the molecule is CCN(Cc1ccc2c(c1)CCN2C)CC1CCCN1. The van der Waals surface area contributed by atoms with Crippen LogP contribution in [0.2, 0.25) is 0 Å². The molecule has 0 aliphatic carbocycles. The van der Waals surface area contributed by atoms with E-state index >= 15 is 0 Å². The van der Waals surface area contributed by atoms with Crippen LogP contribution in [0.4, 0.5) is 5.69 Å². The van der Waals surface area contributed by atoms with Crippen LogP contribution in [0.3, 0.4) is 0 Å². The van der Waals surface area contributed by atoms with Gasteiger partial charge in [-0.15, -0.1) is 0 Å². The molecular formula is C17H27N3. The van der Waals surface area contributed by atoms with E-state index in [4.69, 9.17) is 0 Å². The third-order valence-corrected chi connectivity index (χ3v) is 4.77. The van der Waals surface area contributed by atoms with Crippen LogP contribution in [-0.4, -0.2) is 44.2 Å². The molecule has 3 heteroatoms. The fraction of sp³-hybridized carbons (Fsp3) is 0.647. The van der Waals surface area contributed by atoms with Gasteiger partial charge in [-0.1, -0.05) is 19.1 Å². The lowest BCUT2D eigenvalue weighted by Crippen LogP contribution is -2.37. The van der Waals surface area contributed by atoms with Crippen LogP contribution < -0.4 is 10.2 Å². The summed E-state index contributed by atoms with van der Waals surface area (Å²) in [6, 6.07) is 7.74. The van der Waals surface area contributed by atoms with Crippen LogP contribution in [-0.2, 0) is 13.0 Å². The zero-order valence-corrected chi connectivity index (χ0v) is 12.9. The molecule has 20 heavy (non-hydrogen) atoms. The molecule has 3 rings (SSSR count). The Morgan fingerprint density at radius 2 is 2.30 bits per heavy atom. The fourth-order valence-electron chi connectivity index (χ4n) is 3.51. The molecule has 0 radical (unpaired) electrons. The summed E-state index contributed by atoms with van der Waals surface area (Å²) in [5, 5.41) is 3.61. The van der Waals surface area contributed by atoms with E-state index in [-0.39, 0.29) is 0 Å². The van der Waals surface area contributed by atoms with E-state index in [9.17, 15) is 0 Å². The standard InChI is InChI=1S/C17H27N3/c1-3-20(13-16-5-4-9-18-16)12-14-6-7-17-15(11-14)8-10-19(17)2/h6-7,11,16,18H,3-5,8-10,12-13H2,1-2H3. The van der Waals surface area contributed by atoms with Gasteiger partial charge < -0.3 is 10.2 Å². The molecule has 1 fully saturated rings. The highest BCUT2D eigenvalue weighted by molar-refractivity contribution is 5.58. The molecule has 1 atom stereocenters. The van der Waals surface area contributed by atoms with Gasteiger partial charge in [-0.3, -0.25) is 4.90 Å². The van der Waals surface area contributed by atoms with Crippen LogP contribution in [0.1, 0.15) is 30.9 Å². The summed E-state index contributed by atoms with van der Waals surface area (Å²) in [6.45, 7) is 8.06. The van der Waals surface area contributed by atoms with Gasteiger partial charge in [0.2, 0.25) is 0 Å². The number of hydrogen-bond acceptors (Lipinski definition) is 3. The average molecular weight is 273 g/mol. The lowest BCUT2D eigenvalue weighted by Gasteiger charge is -2.24. The quantitative estimate of drug-likeness (QED) is 0.888. The van der Waals surface area contributed by atoms with Gasteiger partial charge in [0.15, 0.2) is 0 Å². The summed E-state index contributed by atoms with van der Waals surface area (Å²) in [5.74, 6) is 0. The molecule has 0 saturated carbocycles. The highest BCUT2D eigenvalue weighted by atomic mass is 15.1. The van der Waals surface area contributed by atoms with Gasteiger partial charge in [0.05, 0.1) is 0 Å². The first kappa shape index (κ1) is 13.9. The zero-order chi connectivity index (χ0) is 13.9. The van der Waals surface area contributed by atoms with E-state index in [1.807, 2.05) is 0 Å². The lowest BCUT2D eigenvalue weighted by molar-refractivity contribution is 0.253. The van der Waals surface area contributed by atoms with Gasteiger partial charge in [0.1, 0.15) is 0 Å². The number of nitrogens with one attached hydrogen (secondary N) is 1. The lowest BCUT2D eigenvalue weighted by atomic mass is 10.1. The molecule has 1 aromatic rings. The van der Waals surface area contributed by atoms with Crippen molar-refractivity contribution in [1.82, 2.24) is 10.2 Å². The first-order chi connectivity index (χ1) is 9.76. The van der Waals surface area contributed by atoms with E-state index in [2.05, 4.69) is 47.3 Å². The maximum Gasteiger partial charge on any atom is 0.0397 e. The molecule has 1 N–H and O–H groups in total. The predicted molar refractivity (Wildman–Crippen MR) is 85.4 cm³/mol. The summed E-state index contributed by atoms with van der Waals surface area (Å²) in [4.78, 5) is 4.93. The second-order valence-electron chi connectivity index (χ2n) is 6.26. The third kappa shape index (κ3) is 2.99. The minimum Gasteiger partial charge on any atom is -0.374 e. The van der Waals surface area contributed by atoms with Gasteiger partial charge in [-0.2, -0.15) is 0 Å². The number of fused-ring (bicyclic) bond motifs is 1. The Morgan fingerprint density at radius 3 is 3.05 bits per heavy atom. The molecule has 1 saturated heterocycles. The van der Waals surface area contributed by atoms with Crippen molar-refractivity contribution >= 4 is 5.69 Å². The Balaban J connectivity index is 1.63. The number of anilines is 1. The monoisotopic (exact) mass is 273 g/mol. The molecule has 0 aromatic heterocycles. The average Bonchev–Trinajstić information content (AvgIpc) is 3.08. The van der Waals surface area contributed by atoms with Crippen molar-refractivity contribution in [3.05, 3.63) is 29.3 Å². The Kier molecular flexibility index (Phi) is 4.27. The molecule has 110 valence electrons. The Labute approximate surface area is 123 Å². The summed E-state index contributed by atoms with van der Waals surface area (Å²) in [7, 11) is 2.19. The van der Waals surface area contributed by atoms with Gasteiger partial charge in [-0.05, 0) is 49.5 Å². The molecule has 0 bridgehead atoms. The molecule has 2 aliphatic heterocycles. The Morgan fingerprint density at radius 1 is 1.40 bits per heavy atom. The van der Waals surface area contributed by atoms with Crippen LogP contribution in [0, 0.1) is 0 Å². The minimum atomic E-state index is 0.704. The fourth-order valence-corrected chi connectivity index (χ4v) is 3.51.